The molecule has 0 aliphatic heterocycles. The molecule has 0 aromatic carbocycles. The molecule has 12 unspecified atom stereocenters. The van der Waals surface area contributed by atoms with Crippen LogP contribution in [0.5, 0.6) is 0 Å². The van der Waals surface area contributed by atoms with Crippen LogP contribution in [0.4, 0.5) is 0 Å². The minimum atomic E-state index is 0.411. The zero-order valence-corrected chi connectivity index (χ0v) is 47.8. The van der Waals surface area contributed by atoms with Gasteiger partial charge >= 0.3 is 0 Å². The van der Waals surface area contributed by atoms with Gasteiger partial charge in [0.15, 0.2) is 0 Å². The molecule has 6 saturated carbocycles. The molecule has 12 atom stereocenters. The van der Waals surface area contributed by atoms with Gasteiger partial charge in [-0.05, 0) is 185 Å². The second-order valence-electron chi connectivity index (χ2n) is 26.8. The molecule has 6 fully saturated rings. The number of hydrogen-bond acceptors (Lipinski definition) is 5. The Kier molecular flexibility index (Phi) is 26.5. The Morgan fingerprint density at radius 1 is 0.586 bits per heavy atom. The summed E-state index contributed by atoms with van der Waals surface area (Å²) in [6.07, 6.45) is 52.5. The quantitative estimate of drug-likeness (QED) is 0.0380. The summed E-state index contributed by atoms with van der Waals surface area (Å²) in [5, 5.41) is 3.54. The van der Waals surface area contributed by atoms with Crippen molar-refractivity contribution in [1.29, 1.82) is 0 Å². The molecule has 0 radical (unpaired) electrons. The minimum Gasteiger partial charge on any atom is -0.381 e. The van der Waals surface area contributed by atoms with Gasteiger partial charge in [-0.15, -0.1) is 0 Å². The van der Waals surface area contributed by atoms with Crippen LogP contribution in [-0.2, 0) is 18.9 Å². The van der Waals surface area contributed by atoms with E-state index in [9.17, 15) is 0 Å². The van der Waals surface area contributed by atoms with E-state index in [1.165, 1.54) is 218 Å². The number of unbranched alkanes of at least 4 members (excludes halogenated alkanes) is 12. The highest BCUT2D eigenvalue weighted by Crippen LogP contribution is 2.73. The number of rotatable bonds is 38. The molecular weight excluding hydrogens is 859 g/mol. The van der Waals surface area contributed by atoms with Gasteiger partial charge in [-0.25, -0.2) is 0 Å². The van der Waals surface area contributed by atoms with Crippen LogP contribution in [0.1, 0.15) is 267 Å². The Balaban J connectivity index is 0.753. The zero-order chi connectivity index (χ0) is 49.5. The summed E-state index contributed by atoms with van der Waals surface area (Å²) in [7, 11) is 0. The normalized spacial score (nSPS) is 33.1. The molecule has 6 aliphatic carbocycles. The molecule has 0 heterocycles. The molecule has 6 aliphatic rings. The van der Waals surface area contributed by atoms with Gasteiger partial charge in [0.05, 0.1) is 32.7 Å². The van der Waals surface area contributed by atoms with Crippen LogP contribution in [0, 0.1) is 75.4 Å². The lowest BCUT2D eigenvalue weighted by atomic mass is 9.39. The van der Waals surface area contributed by atoms with E-state index < -0.39 is 0 Å². The van der Waals surface area contributed by atoms with E-state index in [1.807, 2.05) is 0 Å². The lowest BCUT2D eigenvalue weighted by Crippen LogP contribution is -2.59. The van der Waals surface area contributed by atoms with Crippen molar-refractivity contribution in [2.24, 2.45) is 75.4 Å². The van der Waals surface area contributed by atoms with Crippen LogP contribution in [0.15, 0.2) is 12.2 Å². The van der Waals surface area contributed by atoms with Crippen LogP contribution in [0.3, 0.4) is 0 Å². The molecule has 5 nitrogen and oxygen atoms in total. The van der Waals surface area contributed by atoms with Gasteiger partial charge in [-0.1, -0.05) is 170 Å². The summed E-state index contributed by atoms with van der Waals surface area (Å²) in [4.78, 5) is 0. The van der Waals surface area contributed by atoms with E-state index in [1.54, 1.807) is 0 Å². The smallest absolute Gasteiger partial charge is 0.0969 e. The monoisotopic (exact) mass is 978 g/mol. The van der Waals surface area contributed by atoms with Gasteiger partial charge in [0, 0.05) is 26.4 Å². The van der Waals surface area contributed by atoms with E-state index in [0.717, 1.165) is 92.2 Å². The average Bonchev–Trinajstić information content (AvgIpc) is 4.03. The van der Waals surface area contributed by atoms with Crippen molar-refractivity contribution in [1.82, 2.24) is 5.32 Å². The average molecular weight is 979 g/mol. The molecule has 1 N–H and O–H groups in total. The zero-order valence-electron chi connectivity index (χ0n) is 47.8. The van der Waals surface area contributed by atoms with Gasteiger partial charge in [-0.2, -0.15) is 0 Å². The number of allylic oxidation sites excluding steroid dienone is 2. The van der Waals surface area contributed by atoms with Crippen molar-refractivity contribution in [2.75, 3.05) is 52.9 Å². The van der Waals surface area contributed by atoms with Crippen LogP contribution in [0.2, 0.25) is 0 Å². The summed E-state index contributed by atoms with van der Waals surface area (Å²) in [6.45, 7) is 24.4. The minimum absolute atomic E-state index is 0.411. The SMILES string of the molecule is CCCCCCCCC=CCCCCCCCCOCC(CC1CCCCC1)C1CC1CCOCCOCCNCOC1CCC2(C)C(CCC3(C)C2CCC2(C)C(C(C)CCCC(C)C)CCC23)C1. The number of ether oxygens (including phenoxy) is 4. The van der Waals surface area contributed by atoms with Gasteiger partial charge in [0.25, 0.3) is 0 Å². The lowest BCUT2D eigenvalue weighted by molar-refractivity contribution is -0.180. The van der Waals surface area contributed by atoms with E-state index in [0.29, 0.717) is 42.3 Å². The van der Waals surface area contributed by atoms with E-state index in [2.05, 4.69) is 65.9 Å². The maximum Gasteiger partial charge on any atom is 0.0969 e. The van der Waals surface area contributed by atoms with Gasteiger partial charge in [0.1, 0.15) is 0 Å². The van der Waals surface area contributed by atoms with E-state index in [4.69, 9.17) is 18.9 Å². The van der Waals surface area contributed by atoms with Crippen molar-refractivity contribution >= 4 is 0 Å². The Bertz CT molecular complexity index is 1400. The number of fused-ring (bicyclic) bond motifs is 5. The molecule has 0 saturated heterocycles. The van der Waals surface area contributed by atoms with Gasteiger partial charge < -0.3 is 18.9 Å². The molecular formula is C65H119NO4. The van der Waals surface area contributed by atoms with Crippen molar-refractivity contribution < 1.29 is 18.9 Å². The first-order valence-electron chi connectivity index (χ1n) is 31.8. The Hall–Kier alpha value is -0.460. The second-order valence-corrected chi connectivity index (χ2v) is 26.8. The Morgan fingerprint density at radius 2 is 1.26 bits per heavy atom. The molecule has 0 spiro atoms. The third-order valence-corrected chi connectivity index (χ3v) is 21.3. The topological polar surface area (TPSA) is 49.0 Å². The Labute approximate surface area is 435 Å². The predicted molar refractivity (Wildman–Crippen MR) is 298 cm³/mol. The van der Waals surface area contributed by atoms with Crippen molar-refractivity contribution in [2.45, 2.75) is 273 Å². The highest BCUT2D eigenvalue weighted by atomic mass is 16.5. The number of hydrogen-bond donors (Lipinski definition) is 1. The first-order valence-corrected chi connectivity index (χ1v) is 31.8. The first kappa shape index (κ1) is 58.8. The summed E-state index contributed by atoms with van der Waals surface area (Å²) in [6, 6.07) is 0. The highest BCUT2D eigenvalue weighted by Gasteiger charge is 2.65. The third kappa shape index (κ3) is 18.1. The summed E-state index contributed by atoms with van der Waals surface area (Å²) in [5.41, 5.74) is 1.59. The number of nitrogens with one attached hydrogen (secondary N) is 1. The summed E-state index contributed by atoms with van der Waals surface area (Å²) >= 11 is 0. The molecule has 408 valence electrons. The van der Waals surface area contributed by atoms with Gasteiger partial charge in [0.2, 0.25) is 0 Å². The van der Waals surface area contributed by atoms with Crippen molar-refractivity contribution in [3.8, 4) is 0 Å². The third-order valence-electron chi connectivity index (χ3n) is 21.3. The maximum absolute atomic E-state index is 6.54. The van der Waals surface area contributed by atoms with Crippen molar-refractivity contribution in [3.63, 3.8) is 0 Å². The second kappa shape index (κ2) is 31.6. The van der Waals surface area contributed by atoms with Crippen LogP contribution in [0.25, 0.3) is 0 Å². The van der Waals surface area contributed by atoms with Crippen LogP contribution < -0.4 is 5.32 Å². The molecule has 5 heteroatoms. The summed E-state index contributed by atoms with van der Waals surface area (Å²) in [5.74, 6) is 8.72. The van der Waals surface area contributed by atoms with E-state index in [-0.39, 0.29) is 0 Å². The fourth-order valence-electron chi connectivity index (χ4n) is 17.1. The first-order chi connectivity index (χ1) is 34.1. The lowest BCUT2D eigenvalue weighted by Gasteiger charge is -2.66. The van der Waals surface area contributed by atoms with Crippen LogP contribution in [-0.4, -0.2) is 59.0 Å². The van der Waals surface area contributed by atoms with Crippen molar-refractivity contribution in [3.05, 3.63) is 12.2 Å². The maximum atomic E-state index is 6.54. The fourth-order valence-corrected chi connectivity index (χ4v) is 17.1. The molecule has 70 heavy (non-hydrogen) atoms. The molecule has 0 bridgehead atoms. The highest BCUT2D eigenvalue weighted by molar-refractivity contribution is 5.14. The van der Waals surface area contributed by atoms with Crippen LogP contribution >= 0.6 is 0 Å². The fraction of sp³-hybridized carbons (Fsp3) is 0.969. The molecule has 0 aromatic heterocycles. The summed E-state index contributed by atoms with van der Waals surface area (Å²) < 4.78 is 25.1. The standard InChI is InChI=1S/C65H119NO4/c1-8-9-10-11-12-13-14-15-16-17-18-19-20-21-22-26-42-69-50-56(47-54-30-24-23-25-31-54)59-48-55(59)37-43-67-45-46-68-44-41-66-51-70-58-35-39-63(5)57(49-58)34-38-65(7)61-33-32-60(53(4)29-27-28-52(2)3)64(61,6)40-36-62(63)65/h15-16,52-62,66H,8-14,17-51H2,1-7H3. The Morgan fingerprint density at radius 3 is 2.00 bits per heavy atom. The largest absolute Gasteiger partial charge is 0.381 e. The molecule has 6 rings (SSSR count). The van der Waals surface area contributed by atoms with Gasteiger partial charge in [-0.3, -0.25) is 5.32 Å². The predicted octanol–water partition coefficient (Wildman–Crippen LogP) is 18.1. The van der Waals surface area contributed by atoms with E-state index >= 15 is 0 Å². The molecule has 0 aromatic rings. The molecule has 0 amide bonds.